The van der Waals surface area contributed by atoms with Crippen molar-refractivity contribution in [3.05, 3.63) is 29.8 Å². The third kappa shape index (κ3) is 3.01. The number of rotatable bonds is 2. The minimum absolute atomic E-state index is 0.258. The van der Waals surface area contributed by atoms with Crippen LogP contribution in [-0.4, -0.2) is 38.6 Å². The maximum atomic E-state index is 12.6. The first kappa shape index (κ1) is 12.5. The zero-order valence-corrected chi connectivity index (χ0v) is 9.57. The fourth-order valence-corrected chi connectivity index (χ4v) is 1.94. The van der Waals surface area contributed by atoms with Crippen molar-refractivity contribution in [2.45, 2.75) is 6.10 Å². The van der Waals surface area contributed by atoms with Crippen molar-refractivity contribution in [1.29, 1.82) is 0 Å². The topological polar surface area (TPSA) is 12.5 Å². The molecule has 94 valence electrons. The Morgan fingerprint density at radius 1 is 1.35 bits per heavy atom. The third-order valence-corrected chi connectivity index (χ3v) is 2.93. The first-order chi connectivity index (χ1) is 7.97. The lowest BCUT2D eigenvalue weighted by Crippen LogP contribution is -2.37. The number of likely N-dealkylation sites (N-methyl/N-ethyl adjacent to an activating group) is 1. The third-order valence-electron chi connectivity index (χ3n) is 2.93. The molecule has 0 radical (unpaired) electrons. The van der Waals surface area contributed by atoms with Crippen molar-refractivity contribution in [1.82, 2.24) is 4.90 Å². The van der Waals surface area contributed by atoms with E-state index in [-0.39, 0.29) is 6.10 Å². The molecule has 1 fully saturated rings. The van der Waals surface area contributed by atoms with E-state index in [0.717, 1.165) is 12.6 Å². The van der Waals surface area contributed by atoms with E-state index in [0.29, 0.717) is 18.7 Å². The van der Waals surface area contributed by atoms with Gasteiger partial charge >= 0.3 is 6.98 Å². The molecule has 1 aliphatic rings. The Morgan fingerprint density at radius 3 is 2.76 bits per heavy atom. The largest absolute Gasteiger partial charge is 0.509 e. The summed E-state index contributed by atoms with van der Waals surface area (Å²) < 4.78 is 43.4. The smallest absolute Gasteiger partial charge is 0.445 e. The highest BCUT2D eigenvalue weighted by molar-refractivity contribution is 6.73. The number of hydrogen-bond acceptors (Lipinski definition) is 2. The van der Waals surface area contributed by atoms with Crippen LogP contribution in [0.25, 0.3) is 0 Å². The van der Waals surface area contributed by atoms with Crippen LogP contribution < -0.4 is 5.46 Å². The first-order valence-corrected chi connectivity index (χ1v) is 5.57. The van der Waals surface area contributed by atoms with Gasteiger partial charge in [0.25, 0.3) is 0 Å². The molecule has 0 aliphatic carbocycles. The molecule has 1 aromatic rings. The lowest BCUT2D eigenvalue weighted by atomic mass is 9.79. The van der Waals surface area contributed by atoms with Gasteiger partial charge in [-0.05, 0) is 12.6 Å². The molecule has 6 heteroatoms. The molecule has 1 aromatic carbocycles. The minimum atomic E-state index is -4.93. The van der Waals surface area contributed by atoms with Crippen LogP contribution >= 0.6 is 0 Å². The second-order valence-electron chi connectivity index (χ2n) is 4.37. The fraction of sp³-hybridized carbons (Fsp3) is 0.455. The summed E-state index contributed by atoms with van der Waals surface area (Å²) in [6, 6.07) is 5.44. The Balaban J connectivity index is 2.21. The van der Waals surface area contributed by atoms with Crippen LogP contribution in [-0.2, 0) is 4.74 Å². The van der Waals surface area contributed by atoms with Crippen molar-refractivity contribution >= 4 is 12.4 Å². The molecule has 0 spiro atoms. The molecule has 0 saturated carbocycles. The van der Waals surface area contributed by atoms with Gasteiger partial charge in [-0.3, -0.25) is 0 Å². The lowest BCUT2D eigenvalue weighted by Gasteiger charge is -2.31. The second kappa shape index (κ2) is 4.70. The monoisotopic (exact) mass is 244 g/mol. The van der Waals surface area contributed by atoms with Gasteiger partial charge in [0, 0.05) is 13.1 Å². The summed E-state index contributed by atoms with van der Waals surface area (Å²) in [5, 5.41) is 0. The summed E-state index contributed by atoms with van der Waals surface area (Å²) in [4.78, 5) is 2.06. The van der Waals surface area contributed by atoms with E-state index >= 15 is 0 Å². The van der Waals surface area contributed by atoms with Crippen LogP contribution in [0.4, 0.5) is 12.9 Å². The predicted octanol–water partition coefficient (Wildman–Crippen LogP) is 1.74. The summed E-state index contributed by atoms with van der Waals surface area (Å²) in [6.45, 7) is -2.92. The molecule has 2 nitrogen and oxygen atoms in total. The highest BCUT2D eigenvalue weighted by atomic mass is 19.4. The molecular formula is C11H14BF3NO-. The van der Waals surface area contributed by atoms with Crippen LogP contribution in [0.2, 0.25) is 0 Å². The second-order valence-corrected chi connectivity index (χ2v) is 4.37. The number of morpholine rings is 1. The van der Waals surface area contributed by atoms with Crippen LogP contribution in [0.3, 0.4) is 0 Å². The van der Waals surface area contributed by atoms with Gasteiger partial charge in [0.05, 0.1) is 12.7 Å². The summed E-state index contributed by atoms with van der Waals surface area (Å²) >= 11 is 0. The van der Waals surface area contributed by atoms with Gasteiger partial charge in [0.2, 0.25) is 0 Å². The number of nitrogens with zero attached hydrogens (tertiary/aromatic N) is 1. The first-order valence-electron chi connectivity index (χ1n) is 5.57. The van der Waals surface area contributed by atoms with Crippen molar-refractivity contribution in [2.24, 2.45) is 0 Å². The van der Waals surface area contributed by atoms with E-state index in [1.807, 2.05) is 7.05 Å². The van der Waals surface area contributed by atoms with Crippen molar-refractivity contribution < 1.29 is 17.7 Å². The summed E-state index contributed by atoms with van der Waals surface area (Å²) in [5.41, 5.74) is 0.0487. The van der Waals surface area contributed by atoms with Crippen LogP contribution in [0.5, 0.6) is 0 Å². The highest BCUT2D eigenvalue weighted by Crippen LogP contribution is 2.21. The predicted molar refractivity (Wildman–Crippen MR) is 61.3 cm³/mol. The summed E-state index contributed by atoms with van der Waals surface area (Å²) in [6.07, 6.45) is -0.258. The summed E-state index contributed by atoms with van der Waals surface area (Å²) in [7, 11) is 1.94. The molecule has 2 rings (SSSR count). The zero-order chi connectivity index (χ0) is 12.5. The van der Waals surface area contributed by atoms with Crippen molar-refractivity contribution in [3.8, 4) is 0 Å². The van der Waals surface area contributed by atoms with Gasteiger partial charge < -0.3 is 22.6 Å². The van der Waals surface area contributed by atoms with E-state index < -0.39 is 12.4 Å². The van der Waals surface area contributed by atoms with Crippen molar-refractivity contribution in [3.63, 3.8) is 0 Å². The van der Waals surface area contributed by atoms with Gasteiger partial charge in [-0.2, -0.15) is 0 Å². The molecule has 17 heavy (non-hydrogen) atoms. The molecule has 0 bridgehead atoms. The number of halogens is 3. The Bertz CT molecular complexity index is 397. The zero-order valence-electron chi connectivity index (χ0n) is 9.57. The molecule has 1 unspecified atom stereocenters. The Kier molecular flexibility index (Phi) is 3.44. The van der Waals surface area contributed by atoms with Crippen molar-refractivity contribution in [2.75, 3.05) is 26.7 Å². The lowest BCUT2D eigenvalue weighted by molar-refractivity contribution is -0.0208. The minimum Gasteiger partial charge on any atom is -0.445 e. The van der Waals surface area contributed by atoms with Gasteiger partial charge in [-0.25, -0.2) is 0 Å². The van der Waals surface area contributed by atoms with E-state index in [2.05, 4.69) is 4.90 Å². The number of hydrogen-bond donors (Lipinski definition) is 0. The highest BCUT2D eigenvalue weighted by Gasteiger charge is 2.27. The number of benzene rings is 1. The van der Waals surface area contributed by atoms with Gasteiger partial charge in [-0.1, -0.05) is 24.3 Å². The van der Waals surface area contributed by atoms with E-state index in [1.165, 1.54) is 12.1 Å². The Hall–Kier alpha value is -1.01. The molecule has 1 heterocycles. The average molecular weight is 244 g/mol. The Labute approximate surface area is 98.4 Å². The fourth-order valence-electron chi connectivity index (χ4n) is 1.94. The molecule has 1 aliphatic heterocycles. The maximum Gasteiger partial charge on any atom is 0.509 e. The van der Waals surface area contributed by atoms with E-state index in [4.69, 9.17) is 4.74 Å². The standard InChI is InChI=1S/C11H14BF3NO/c1-16-5-6-17-11(8-16)9-3-2-4-10(7-9)12(13,14)15/h2-4,7,11H,5-6,8H2,1H3/q-1. The number of ether oxygens (including phenoxy) is 1. The Morgan fingerprint density at radius 2 is 2.12 bits per heavy atom. The van der Waals surface area contributed by atoms with E-state index in [1.54, 1.807) is 6.07 Å². The van der Waals surface area contributed by atoms with E-state index in [9.17, 15) is 12.9 Å². The maximum absolute atomic E-state index is 12.6. The molecule has 0 N–H and O–H groups in total. The summed E-state index contributed by atoms with van der Waals surface area (Å²) in [5.74, 6) is 0. The normalized spacial score (nSPS) is 22.7. The quantitative estimate of drug-likeness (QED) is 0.735. The molecule has 0 amide bonds. The van der Waals surface area contributed by atoms with Gasteiger partial charge in [0.15, 0.2) is 0 Å². The molecular weight excluding hydrogens is 230 g/mol. The van der Waals surface area contributed by atoms with Gasteiger partial charge in [-0.15, -0.1) is 5.46 Å². The van der Waals surface area contributed by atoms with Crippen LogP contribution in [0, 0.1) is 0 Å². The molecule has 1 atom stereocenters. The van der Waals surface area contributed by atoms with Crippen LogP contribution in [0.1, 0.15) is 11.7 Å². The van der Waals surface area contributed by atoms with Gasteiger partial charge in [0.1, 0.15) is 0 Å². The van der Waals surface area contributed by atoms with Crippen LogP contribution in [0.15, 0.2) is 24.3 Å². The average Bonchev–Trinajstić information content (AvgIpc) is 2.28. The molecule has 0 aromatic heterocycles. The molecule has 1 saturated heterocycles. The SMILES string of the molecule is CN1CCOC(c2cccc([B-](F)(F)F)c2)C1.